The molecule has 1 N–H and O–H groups in total. The van der Waals surface area contributed by atoms with E-state index in [4.69, 9.17) is 9.84 Å². The van der Waals surface area contributed by atoms with E-state index in [-0.39, 0.29) is 12.6 Å². The number of hydrogen-bond acceptors (Lipinski definition) is 3. The number of aliphatic hydroxyl groups excluding tert-OH is 1. The standard InChI is InChI=1S/C13H16O3/c1-9(15)16-13-4-2-3-11-10(7-8-14)5-6-12(11)13/h2-4,10,14H,5-8H2,1H3. The number of rotatable bonds is 3. The number of ether oxygens (including phenoxy) is 1. The predicted octanol–water partition coefficient (Wildman–Crippen LogP) is 2.02. The predicted molar refractivity (Wildman–Crippen MR) is 60.5 cm³/mol. The molecule has 1 aliphatic rings. The average Bonchev–Trinajstić information content (AvgIpc) is 2.63. The first-order valence-electron chi connectivity index (χ1n) is 5.63. The van der Waals surface area contributed by atoms with Crippen LogP contribution < -0.4 is 4.74 Å². The lowest BCUT2D eigenvalue weighted by Gasteiger charge is -2.11. The molecule has 0 fully saturated rings. The van der Waals surface area contributed by atoms with Crippen LogP contribution in [0, 0.1) is 0 Å². The second kappa shape index (κ2) is 4.66. The lowest BCUT2D eigenvalue weighted by Crippen LogP contribution is -2.04. The summed E-state index contributed by atoms with van der Waals surface area (Å²) in [5.41, 5.74) is 2.36. The van der Waals surface area contributed by atoms with Gasteiger partial charge in [-0.15, -0.1) is 0 Å². The van der Waals surface area contributed by atoms with Crippen LogP contribution in [-0.4, -0.2) is 17.7 Å². The van der Waals surface area contributed by atoms with Gasteiger partial charge in [0.05, 0.1) is 0 Å². The van der Waals surface area contributed by atoms with Crippen molar-refractivity contribution in [1.82, 2.24) is 0 Å². The van der Waals surface area contributed by atoms with E-state index >= 15 is 0 Å². The minimum Gasteiger partial charge on any atom is -0.426 e. The first-order valence-corrected chi connectivity index (χ1v) is 5.63. The van der Waals surface area contributed by atoms with Gasteiger partial charge in [0.25, 0.3) is 0 Å². The van der Waals surface area contributed by atoms with Crippen molar-refractivity contribution in [3.8, 4) is 5.75 Å². The molecule has 0 saturated heterocycles. The van der Waals surface area contributed by atoms with E-state index in [1.54, 1.807) is 0 Å². The molecule has 0 amide bonds. The number of carbonyl (C=O) groups is 1. The van der Waals surface area contributed by atoms with Crippen LogP contribution in [0.2, 0.25) is 0 Å². The fourth-order valence-corrected chi connectivity index (χ4v) is 2.41. The van der Waals surface area contributed by atoms with Gasteiger partial charge in [0.1, 0.15) is 5.75 Å². The Morgan fingerprint density at radius 3 is 3.06 bits per heavy atom. The van der Waals surface area contributed by atoms with Crippen LogP contribution in [0.25, 0.3) is 0 Å². The van der Waals surface area contributed by atoms with E-state index in [0.717, 1.165) is 24.8 Å². The van der Waals surface area contributed by atoms with Crippen molar-refractivity contribution in [2.45, 2.75) is 32.1 Å². The highest BCUT2D eigenvalue weighted by Gasteiger charge is 2.24. The SMILES string of the molecule is CC(=O)Oc1cccc2c1CCC2CCO. The lowest BCUT2D eigenvalue weighted by atomic mass is 9.98. The van der Waals surface area contributed by atoms with Crippen molar-refractivity contribution >= 4 is 5.97 Å². The summed E-state index contributed by atoms with van der Waals surface area (Å²) in [5, 5.41) is 8.98. The maximum atomic E-state index is 11.0. The van der Waals surface area contributed by atoms with Crippen LogP contribution in [0.4, 0.5) is 0 Å². The Hall–Kier alpha value is -1.35. The fourth-order valence-electron chi connectivity index (χ4n) is 2.41. The van der Waals surface area contributed by atoms with Gasteiger partial charge in [-0.05, 0) is 42.4 Å². The van der Waals surface area contributed by atoms with E-state index < -0.39 is 0 Å². The summed E-state index contributed by atoms with van der Waals surface area (Å²) in [6, 6.07) is 5.81. The normalized spacial score (nSPS) is 18.2. The molecule has 86 valence electrons. The Morgan fingerprint density at radius 1 is 1.56 bits per heavy atom. The van der Waals surface area contributed by atoms with Gasteiger partial charge in [-0.3, -0.25) is 4.79 Å². The van der Waals surface area contributed by atoms with E-state index in [1.807, 2.05) is 12.1 Å². The van der Waals surface area contributed by atoms with E-state index in [9.17, 15) is 4.79 Å². The smallest absolute Gasteiger partial charge is 0.308 e. The van der Waals surface area contributed by atoms with Crippen LogP contribution in [-0.2, 0) is 11.2 Å². The monoisotopic (exact) mass is 220 g/mol. The van der Waals surface area contributed by atoms with Gasteiger partial charge in [-0.1, -0.05) is 12.1 Å². The molecule has 1 aromatic carbocycles. The molecule has 1 unspecified atom stereocenters. The summed E-state index contributed by atoms with van der Waals surface area (Å²) in [6.45, 7) is 1.63. The molecule has 1 aliphatic carbocycles. The summed E-state index contributed by atoms with van der Waals surface area (Å²) >= 11 is 0. The molecule has 0 spiro atoms. The van der Waals surface area contributed by atoms with Gasteiger partial charge in [-0.2, -0.15) is 0 Å². The highest BCUT2D eigenvalue weighted by molar-refractivity contribution is 5.70. The first-order chi connectivity index (χ1) is 7.72. The summed E-state index contributed by atoms with van der Waals surface area (Å²) in [6.07, 6.45) is 2.76. The van der Waals surface area contributed by atoms with E-state index in [1.165, 1.54) is 12.5 Å². The molecular formula is C13H16O3. The molecule has 0 aliphatic heterocycles. The number of benzene rings is 1. The maximum absolute atomic E-state index is 11.0. The third-order valence-corrected chi connectivity index (χ3v) is 3.08. The molecule has 3 heteroatoms. The summed E-state index contributed by atoms with van der Waals surface area (Å²) in [5.74, 6) is 0.819. The summed E-state index contributed by atoms with van der Waals surface area (Å²) in [4.78, 5) is 11.0. The Labute approximate surface area is 95.0 Å². The molecule has 1 atom stereocenters. The molecule has 0 heterocycles. The fraction of sp³-hybridized carbons (Fsp3) is 0.462. The molecule has 0 radical (unpaired) electrons. The minimum absolute atomic E-state index is 0.210. The zero-order valence-electron chi connectivity index (χ0n) is 9.40. The Kier molecular flexibility index (Phi) is 3.25. The number of esters is 1. The average molecular weight is 220 g/mol. The molecule has 2 rings (SSSR count). The summed E-state index contributed by atoms with van der Waals surface area (Å²) < 4.78 is 5.18. The molecule has 3 nitrogen and oxygen atoms in total. The van der Waals surface area contributed by atoms with Crippen LogP contribution >= 0.6 is 0 Å². The molecule has 16 heavy (non-hydrogen) atoms. The molecule has 0 bridgehead atoms. The van der Waals surface area contributed by atoms with Gasteiger partial charge >= 0.3 is 5.97 Å². The number of aliphatic hydroxyl groups is 1. The van der Waals surface area contributed by atoms with Crippen LogP contribution in [0.15, 0.2) is 18.2 Å². The number of carbonyl (C=O) groups excluding carboxylic acids is 1. The number of fused-ring (bicyclic) bond motifs is 1. The molecule has 0 saturated carbocycles. The molecule has 1 aromatic rings. The molecule has 0 aromatic heterocycles. The summed E-state index contributed by atoms with van der Waals surface area (Å²) in [7, 11) is 0. The topological polar surface area (TPSA) is 46.5 Å². The Morgan fingerprint density at radius 2 is 2.38 bits per heavy atom. The van der Waals surface area contributed by atoms with Crippen molar-refractivity contribution in [3.05, 3.63) is 29.3 Å². The number of hydrogen-bond donors (Lipinski definition) is 1. The highest BCUT2D eigenvalue weighted by atomic mass is 16.5. The quantitative estimate of drug-likeness (QED) is 0.626. The zero-order chi connectivity index (χ0) is 11.5. The van der Waals surface area contributed by atoms with Gasteiger partial charge < -0.3 is 9.84 Å². The van der Waals surface area contributed by atoms with Gasteiger partial charge in [0.15, 0.2) is 0 Å². The van der Waals surface area contributed by atoms with Crippen molar-refractivity contribution in [2.24, 2.45) is 0 Å². The van der Waals surface area contributed by atoms with Crippen LogP contribution in [0.3, 0.4) is 0 Å². The van der Waals surface area contributed by atoms with Crippen molar-refractivity contribution in [2.75, 3.05) is 6.61 Å². The largest absolute Gasteiger partial charge is 0.426 e. The molecular weight excluding hydrogens is 204 g/mol. The highest BCUT2D eigenvalue weighted by Crippen LogP contribution is 2.39. The Bertz CT molecular complexity index is 398. The third kappa shape index (κ3) is 2.09. The van der Waals surface area contributed by atoms with Gasteiger partial charge in [-0.25, -0.2) is 0 Å². The van der Waals surface area contributed by atoms with E-state index in [0.29, 0.717) is 11.7 Å². The first kappa shape index (κ1) is 11.1. The lowest BCUT2D eigenvalue weighted by molar-refractivity contribution is -0.131. The van der Waals surface area contributed by atoms with Crippen molar-refractivity contribution in [3.63, 3.8) is 0 Å². The van der Waals surface area contributed by atoms with Crippen LogP contribution in [0.1, 0.15) is 36.8 Å². The minimum atomic E-state index is -0.279. The van der Waals surface area contributed by atoms with Gasteiger partial charge in [0, 0.05) is 13.5 Å². The van der Waals surface area contributed by atoms with E-state index in [2.05, 4.69) is 6.07 Å². The zero-order valence-corrected chi connectivity index (χ0v) is 9.40. The van der Waals surface area contributed by atoms with Crippen LogP contribution in [0.5, 0.6) is 5.75 Å². The Balaban J connectivity index is 2.28. The third-order valence-electron chi connectivity index (χ3n) is 3.08. The second-order valence-electron chi connectivity index (χ2n) is 4.17. The second-order valence-corrected chi connectivity index (χ2v) is 4.17. The van der Waals surface area contributed by atoms with Gasteiger partial charge in [0.2, 0.25) is 0 Å². The van der Waals surface area contributed by atoms with Crippen molar-refractivity contribution in [1.29, 1.82) is 0 Å². The van der Waals surface area contributed by atoms with Crippen molar-refractivity contribution < 1.29 is 14.6 Å². The maximum Gasteiger partial charge on any atom is 0.308 e.